The Morgan fingerprint density at radius 3 is 2.80 bits per heavy atom. The Bertz CT molecular complexity index is 124. The van der Waals surface area contributed by atoms with Crippen LogP contribution >= 0.6 is 0 Å². The molecule has 2 aliphatic rings. The van der Waals surface area contributed by atoms with Gasteiger partial charge in [-0.3, -0.25) is 4.90 Å². The van der Waals surface area contributed by atoms with Crippen LogP contribution in [0.25, 0.3) is 0 Å². The zero-order valence-corrected chi connectivity index (χ0v) is 6.60. The summed E-state index contributed by atoms with van der Waals surface area (Å²) < 4.78 is 5.41. The maximum absolute atomic E-state index is 5.41. The molecule has 2 heterocycles. The van der Waals surface area contributed by atoms with Crippen molar-refractivity contribution >= 4 is 0 Å². The first-order chi connectivity index (χ1) is 4.83. The summed E-state index contributed by atoms with van der Waals surface area (Å²) in [4.78, 5) is 2.47. The van der Waals surface area contributed by atoms with Crippen molar-refractivity contribution in [3.63, 3.8) is 0 Å². The lowest BCUT2D eigenvalue weighted by molar-refractivity contribution is 0.121. The third-order valence-corrected chi connectivity index (χ3v) is 3.03. The average molecular weight is 141 g/mol. The highest BCUT2D eigenvalue weighted by Gasteiger charge is 2.41. The molecule has 2 aliphatic heterocycles. The van der Waals surface area contributed by atoms with Gasteiger partial charge in [0.2, 0.25) is 0 Å². The standard InChI is InChI=1S/C8H15NO/c1-9-5-2-3-8(9)4-6-10-7-8/h2-7H2,1H3/t8-/m1/s1. The van der Waals surface area contributed by atoms with Gasteiger partial charge in [0.05, 0.1) is 6.61 Å². The first-order valence-corrected chi connectivity index (χ1v) is 4.13. The van der Waals surface area contributed by atoms with Crippen molar-refractivity contribution in [1.82, 2.24) is 4.90 Å². The van der Waals surface area contributed by atoms with Crippen molar-refractivity contribution in [2.24, 2.45) is 0 Å². The maximum Gasteiger partial charge on any atom is 0.0651 e. The van der Waals surface area contributed by atoms with Crippen LogP contribution in [-0.2, 0) is 4.74 Å². The zero-order chi connectivity index (χ0) is 7.03. The van der Waals surface area contributed by atoms with E-state index in [1.165, 1.54) is 25.8 Å². The van der Waals surface area contributed by atoms with E-state index in [1.54, 1.807) is 0 Å². The minimum atomic E-state index is 0.458. The molecule has 0 aliphatic carbocycles. The van der Waals surface area contributed by atoms with Gasteiger partial charge in [0.15, 0.2) is 0 Å². The van der Waals surface area contributed by atoms with Gasteiger partial charge in [-0.25, -0.2) is 0 Å². The molecule has 0 unspecified atom stereocenters. The summed E-state index contributed by atoms with van der Waals surface area (Å²) in [6.07, 6.45) is 3.97. The molecule has 0 aromatic heterocycles. The third kappa shape index (κ3) is 0.789. The molecule has 58 valence electrons. The Hall–Kier alpha value is -0.0800. The molecule has 2 fully saturated rings. The summed E-state index contributed by atoms with van der Waals surface area (Å²) in [6.45, 7) is 3.22. The first-order valence-electron chi connectivity index (χ1n) is 4.13. The third-order valence-electron chi connectivity index (χ3n) is 3.03. The summed E-state index contributed by atoms with van der Waals surface area (Å²) in [6, 6.07) is 0. The summed E-state index contributed by atoms with van der Waals surface area (Å²) in [7, 11) is 2.22. The monoisotopic (exact) mass is 141 g/mol. The zero-order valence-electron chi connectivity index (χ0n) is 6.60. The SMILES string of the molecule is CN1CCC[C@]12CCOC2. The smallest absolute Gasteiger partial charge is 0.0651 e. The van der Waals surface area contributed by atoms with Crippen molar-refractivity contribution < 1.29 is 4.74 Å². The lowest BCUT2D eigenvalue weighted by atomic mass is 9.96. The van der Waals surface area contributed by atoms with E-state index in [1.807, 2.05) is 0 Å². The fourth-order valence-corrected chi connectivity index (χ4v) is 2.17. The lowest BCUT2D eigenvalue weighted by Gasteiger charge is -2.29. The minimum absolute atomic E-state index is 0.458. The van der Waals surface area contributed by atoms with E-state index in [4.69, 9.17) is 4.74 Å². The number of likely N-dealkylation sites (N-methyl/N-ethyl adjacent to an activating group) is 1. The fourth-order valence-electron chi connectivity index (χ4n) is 2.17. The maximum atomic E-state index is 5.41. The van der Waals surface area contributed by atoms with Crippen LogP contribution in [-0.4, -0.2) is 37.2 Å². The molecule has 10 heavy (non-hydrogen) atoms. The normalized spacial score (nSPS) is 41.7. The van der Waals surface area contributed by atoms with E-state index in [-0.39, 0.29) is 0 Å². The Kier molecular flexibility index (Phi) is 1.46. The van der Waals surface area contributed by atoms with Crippen molar-refractivity contribution in [1.29, 1.82) is 0 Å². The molecule has 1 atom stereocenters. The second-order valence-corrected chi connectivity index (χ2v) is 3.55. The summed E-state index contributed by atoms with van der Waals surface area (Å²) in [5, 5.41) is 0. The van der Waals surface area contributed by atoms with Crippen LogP contribution in [0.15, 0.2) is 0 Å². The van der Waals surface area contributed by atoms with Gasteiger partial charge in [0.25, 0.3) is 0 Å². The van der Waals surface area contributed by atoms with Gasteiger partial charge < -0.3 is 4.74 Å². The van der Waals surface area contributed by atoms with Gasteiger partial charge >= 0.3 is 0 Å². The van der Waals surface area contributed by atoms with Gasteiger partial charge in [-0.1, -0.05) is 0 Å². The number of rotatable bonds is 0. The molecule has 2 saturated heterocycles. The van der Waals surface area contributed by atoms with Crippen LogP contribution in [0, 0.1) is 0 Å². The molecule has 0 bridgehead atoms. The Labute approximate surface area is 62.2 Å². The van der Waals surface area contributed by atoms with Crippen LogP contribution < -0.4 is 0 Å². The molecule has 2 nitrogen and oxygen atoms in total. The Morgan fingerprint density at radius 2 is 2.30 bits per heavy atom. The molecule has 2 rings (SSSR count). The molecular weight excluding hydrogens is 126 g/mol. The molecule has 2 heteroatoms. The van der Waals surface area contributed by atoms with Gasteiger partial charge in [-0.2, -0.15) is 0 Å². The van der Waals surface area contributed by atoms with Crippen LogP contribution in [0.2, 0.25) is 0 Å². The molecular formula is C8H15NO. The highest BCUT2D eigenvalue weighted by Crippen LogP contribution is 2.34. The fraction of sp³-hybridized carbons (Fsp3) is 1.00. The number of likely N-dealkylation sites (tertiary alicyclic amines) is 1. The second kappa shape index (κ2) is 2.21. The molecule has 0 radical (unpaired) electrons. The van der Waals surface area contributed by atoms with E-state index in [0.717, 1.165) is 13.2 Å². The highest BCUT2D eigenvalue weighted by molar-refractivity contribution is 4.96. The van der Waals surface area contributed by atoms with Crippen molar-refractivity contribution in [2.75, 3.05) is 26.8 Å². The van der Waals surface area contributed by atoms with Crippen LogP contribution in [0.3, 0.4) is 0 Å². The predicted molar refractivity (Wildman–Crippen MR) is 40.0 cm³/mol. The molecule has 0 N–H and O–H groups in total. The average Bonchev–Trinajstić information content (AvgIpc) is 2.48. The van der Waals surface area contributed by atoms with Crippen LogP contribution in [0.4, 0.5) is 0 Å². The number of hydrogen-bond donors (Lipinski definition) is 0. The molecule has 0 aromatic carbocycles. The topological polar surface area (TPSA) is 12.5 Å². The van der Waals surface area contributed by atoms with Gasteiger partial charge in [-0.05, 0) is 32.9 Å². The highest BCUT2D eigenvalue weighted by atomic mass is 16.5. The van der Waals surface area contributed by atoms with Crippen molar-refractivity contribution in [2.45, 2.75) is 24.8 Å². The van der Waals surface area contributed by atoms with E-state index < -0.39 is 0 Å². The summed E-state index contributed by atoms with van der Waals surface area (Å²) in [5.41, 5.74) is 0.458. The van der Waals surface area contributed by atoms with Gasteiger partial charge in [0, 0.05) is 12.1 Å². The number of hydrogen-bond acceptors (Lipinski definition) is 2. The molecule has 0 saturated carbocycles. The predicted octanol–water partition coefficient (Wildman–Crippen LogP) is 0.871. The number of ether oxygens (including phenoxy) is 1. The quantitative estimate of drug-likeness (QED) is 0.496. The van der Waals surface area contributed by atoms with E-state index in [2.05, 4.69) is 11.9 Å². The second-order valence-electron chi connectivity index (χ2n) is 3.55. The largest absolute Gasteiger partial charge is 0.379 e. The summed E-state index contributed by atoms with van der Waals surface area (Å²) in [5.74, 6) is 0. The van der Waals surface area contributed by atoms with E-state index in [0.29, 0.717) is 5.54 Å². The van der Waals surface area contributed by atoms with E-state index >= 15 is 0 Å². The van der Waals surface area contributed by atoms with E-state index in [9.17, 15) is 0 Å². The Morgan fingerprint density at radius 1 is 1.40 bits per heavy atom. The van der Waals surface area contributed by atoms with Gasteiger partial charge in [-0.15, -0.1) is 0 Å². The lowest BCUT2D eigenvalue weighted by Crippen LogP contribution is -2.41. The van der Waals surface area contributed by atoms with Crippen LogP contribution in [0.1, 0.15) is 19.3 Å². The van der Waals surface area contributed by atoms with Gasteiger partial charge in [0.1, 0.15) is 0 Å². The number of nitrogens with zero attached hydrogens (tertiary/aromatic N) is 1. The molecule has 1 spiro atoms. The Balaban J connectivity index is 2.11. The minimum Gasteiger partial charge on any atom is -0.379 e. The first kappa shape index (κ1) is 6.62. The molecule has 0 amide bonds. The van der Waals surface area contributed by atoms with Crippen molar-refractivity contribution in [3.8, 4) is 0 Å². The molecule has 0 aromatic rings. The van der Waals surface area contributed by atoms with Crippen LogP contribution in [0.5, 0.6) is 0 Å². The van der Waals surface area contributed by atoms with Crippen molar-refractivity contribution in [3.05, 3.63) is 0 Å². The summed E-state index contributed by atoms with van der Waals surface area (Å²) >= 11 is 0.